The van der Waals surface area contributed by atoms with Crippen LogP contribution < -0.4 is 25.6 Å². The highest BCUT2D eigenvalue weighted by molar-refractivity contribution is 7.92. The van der Waals surface area contributed by atoms with Crippen molar-refractivity contribution in [3.05, 3.63) is 82.9 Å². The number of fused-ring (bicyclic) bond motifs is 2. The fourth-order valence-corrected chi connectivity index (χ4v) is 6.62. The predicted octanol–water partition coefficient (Wildman–Crippen LogP) is 4.95. The highest BCUT2D eigenvalue weighted by atomic mass is 32.2. The lowest BCUT2D eigenvalue weighted by Gasteiger charge is -2.21. The number of hydrogen-bond donors (Lipinski definition) is 5. The van der Waals surface area contributed by atoms with Gasteiger partial charge in [0, 0.05) is 60.1 Å². The van der Waals surface area contributed by atoms with Gasteiger partial charge in [-0.2, -0.15) is 9.97 Å². The summed E-state index contributed by atoms with van der Waals surface area (Å²) in [6, 6.07) is 17.9. The molecule has 2 aliphatic rings. The van der Waals surface area contributed by atoms with Gasteiger partial charge < -0.3 is 26.7 Å². The van der Waals surface area contributed by atoms with E-state index in [-0.39, 0.29) is 23.3 Å². The van der Waals surface area contributed by atoms with Crippen LogP contribution in [-0.2, 0) is 27.7 Å². The van der Waals surface area contributed by atoms with Crippen molar-refractivity contribution in [3.63, 3.8) is 0 Å². The summed E-state index contributed by atoms with van der Waals surface area (Å²) in [6.07, 6.45) is 2.72. The molecule has 3 heterocycles. The third kappa shape index (κ3) is 5.12. The predicted molar refractivity (Wildman–Crippen MR) is 165 cm³/mol. The van der Waals surface area contributed by atoms with Crippen LogP contribution in [0.4, 0.5) is 40.3 Å². The molecule has 0 radical (unpaired) electrons. The van der Waals surface area contributed by atoms with Crippen molar-refractivity contribution in [2.45, 2.75) is 31.1 Å². The van der Waals surface area contributed by atoms with E-state index in [1.807, 2.05) is 43.3 Å². The van der Waals surface area contributed by atoms with Crippen molar-refractivity contribution in [3.8, 4) is 0 Å². The molecule has 0 spiro atoms. The first-order chi connectivity index (χ1) is 20.2. The maximum Gasteiger partial charge on any atom is 0.265 e. The van der Waals surface area contributed by atoms with E-state index in [0.29, 0.717) is 53.4 Å². The highest BCUT2D eigenvalue weighted by Gasteiger charge is 2.35. The van der Waals surface area contributed by atoms with E-state index in [0.717, 1.165) is 22.5 Å². The molecular weight excluding hydrogens is 552 g/mol. The third-order valence-electron chi connectivity index (χ3n) is 7.39. The molecule has 5 N–H and O–H groups in total. The summed E-state index contributed by atoms with van der Waals surface area (Å²) in [4.78, 5) is 21.4. The molecule has 0 atom stereocenters. The molecule has 1 aromatic heterocycles. The van der Waals surface area contributed by atoms with Gasteiger partial charge in [-0.25, -0.2) is 12.7 Å². The van der Waals surface area contributed by atoms with E-state index in [1.165, 1.54) is 10.5 Å². The van der Waals surface area contributed by atoms with Crippen LogP contribution in [0.1, 0.15) is 28.7 Å². The molecule has 3 aromatic carbocycles. The molecule has 1 amide bonds. The maximum atomic E-state index is 13.7. The van der Waals surface area contributed by atoms with E-state index >= 15 is 0 Å². The lowest BCUT2D eigenvalue weighted by Crippen LogP contribution is -2.29. The maximum absolute atomic E-state index is 13.7. The van der Waals surface area contributed by atoms with Crippen LogP contribution in [0.5, 0.6) is 0 Å². The Labute approximate surface area is 244 Å². The topological polar surface area (TPSA) is 152 Å². The molecule has 4 aromatic rings. The zero-order chi connectivity index (χ0) is 29.4. The molecule has 12 heteroatoms. The second-order valence-corrected chi connectivity index (χ2v) is 12.1. The quantitative estimate of drug-likeness (QED) is 0.183. The van der Waals surface area contributed by atoms with Gasteiger partial charge in [0.15, 0.2) is 5.82 Å². The number of rotatable bonds is 8. The van der Waals surface area contributed by atoms with Crippen molar-refractivity contribution in [2.75, 3.05) is 39.2 Å². The number of amides is 1. The molecule has 0 aliphatic carbocycles. The third-order valence-corrected chi connectivity index (χ3v) is 9.20. The molecule has 0 unspecified atom stereocenters. The summed E-state index contributed by atoms with van der Waals surface area (Å²) < 4.78 is 28.8. The van der Waals surface area contributed by atoms with Gasteiger partial charge in [0.2, 0.25) is 11.9 Å². The van der Waals surface area contributed by atoms with Gasteiger partial charge in [-0.15, -0.1) is 0 Å². The minimum atomic E-state index is -3.88. The number of nitrogens with one attached hydrogen (secondary N) is 5. The molecule has 2 aliphatic heterocycles. The van der Waals surface area contributed by atoms with Gasteiger partial charge in [0.25, 0.3) is 10.0 Å². The Kier molecular flexibility index (Phi) is 6.99. The van der Waals surface area contributed by atoms with E-state index in [4.69, 9.17) is 15.4 Å². The molecule has 0 bridgehead atoms. The van der Waals surface area contributed by atoms with Crippen molar-refractivity contribution >= 4 is 62.5 Å². The van der Waals surface area contributed by atoms with Crippen LogP contribution in [-0.4, -0.2) is 44.1 Å². The summed E-state index contributed by atoms with van der Waals surface area (Å²) in [5, 5.41) is 20.3. The lowest BCUT2D eigenvalue weighted by molar-refractivity contribution is -0.116. The van der Waals surface area contributed by atoms with Crippen LogP contribution >= 0.6 is 0 Å². The Hall–Kier alpha value is -4.97. The Morgan fingerprint density at radius 2 is 1.71 bits per heavy atom. The standard InChI is InChI=1S/C30H30N8O3S/c1-18-3-8-23(9-4-18)42(40,41)38-14-13-24-28(33-21-6-10-25(32-2)20(16-21)17-31)36-30(37-29(24)38)34-22-7-11-26-19(15-22)5-12-27(39)35-26/h3-4,6-11,15-17,31-32H,5,12-14H2,1-2H3,(H,35,39)(H2,33,34,36,37). The number of anilines is 7. The number of sulfonamides is 1. The van der Waals surface area contributed by atoms with Crippen LogP contribution in [0, 0.1) is 12.3 Å². The van der Waals surface area contributed by atoms with E-state index < -0.39 is 10.0 Å². The van der Waals surface area contributed by atoms with E-state index in [9.17, 15) is 13.2 Å². The Morgan fingerprint density at radius 3 is 2.48 bits per heavy atom. The minimum Gasteiger partial charge on any atom is -0.388 e. The van der Waals surface area contributed by atoms with Gasteiger partial charge >= 0.3 is 0 Å². The normalized spacial score (nSPS) is 14.0. The lowest BCUT2D eigenvalue weighted by atomic mass is 10.0. The summed E-state index contributed by atoms with van der Waals surface area (Å²) in [5.74, 6) is 0.994. The zero-order valence-electron chi connectivity index (χ0n) is 23.2. The number of nitrogens with zero attached hydrogens (tertiary/aromatic N) is 3. The number of aryl methyl sites for hydroxylation is 2. The molecule has 214 valence electrons. The van der Waals surface area contributed by atoms with Crippen LogP contribution in [0.25, 0.3) is 0 Å². The number of carbonyl (C=O) groups excluding carboxylic acids is 1. The van der Waals surface area contributed by atoms with Gasteiger partial charge in [-0.1, -0.05) is 17.7 Å². The fraction of sp³-hybridized carbons (Fsp3) is 0.200. The van der Waals surface area contributed by atoms with E-state index in [2.05, 4.69) is 21.3 Å². The van der Waals surface area contributed by atoms with Crippen molar-refractivity contribution in [1.29, 1.82) is 5.41 Å². The summed E-state index contributed by atoms with van der Waals surface area (Å²) in [6.45, 7) is 2.13. The van der Waals surface area contributed by atoms with Gasteiger partial charge in [0.1, 0.15) is 5.82 Å². The van der Waals surface area contributed by atoms with Gasteiger partial charge in [-0.05, 0) is 73.9 Å². The molecule has 42 heavy (non-hydrogen) atoms. The molecule has 0 saturated heterocycles. The van der Waals surface area contributed by atoms with Crippen LogP contribution in [0.2, 0.25) is 0 Å². The fourth-order valence-electron chi connectivity index (χ4n) is 5.17. The van der Waals surface area contributed by atoms with Gasteiger partial charge in [0.05, 0.1) is 4.90 Å². The molecule has 0 saturated carbocycles. The minimum absolute atomic E-state index is 0.00955. The largest absolute Gasteiger partial charge is 0.388 e. The van der Waals surface area contributed by atoms with E-state index in [1.54, 1.807) is 31.3 Å². The summed E-state index contributed by atoms with van der Waals surface area (Å²) >= 11 is 0. The first-order valence-electron chi connectivity index (χ1n) is 13.5. The van der Waals surface area contributed by atoms with Crippen LogP contribution in [0.15, 0.2) is 65.6 Å². The summed E-state index contributed by atoms with van der Waals surface area (Å²) in [5.41, 5.74) is 6.33. The second-order valence-electron chi connectivity index (χ2n) is 10.2. The molecule has 11 nitrogen and oxygen atoms in total. The molecule has 0 fully saturated rings. The second kappa shape index (κ2) is 10.8. The Balaban J connectivity index is 1.41. The van der Waals surface area contributed by atoms with Crippen molar-refractivity contribution in [2.24, 2.45) is 0 Å². The first-order valence-corrected chi connectivity index (χ1v) is 15.0. The zero-order valence-corrected chi connectivity index (χ0v) is 24.0. The Morgan fingerprint density at radius 1 is 0.952 bits per heavy atom. The highest BCUT2D eigenvalue weighted by Crippen LogP contribution is 2.38. The SMILES string of the molecule is CNc1ccc(Nc2nc(Nc3ccc4c(c3)CCC(=O)N4)nc3c2CCN3S(=O)(=O)c2ccc(C)cc2)cc1C=N. The van der Waals surface area contributed by atoms with Crippen LogP contribution in [0.3, 0.4) is 0 Å². The van der Waals surface area contributed by atoms with Gasteiger partial charge in [-0.3, -0.25) is 4.79 Å². The monoisotopic (exact) mass is 582 g/mol. The average molecular weight is 583 g/mol. The number of benzene rings is 3. The van der Waals surface area contributed by atoms with Crippen molar-refractivity contribution < 1.29 is 13.2 Å². The summed E-state index contributed by atoms with van der Waals surface area (Å²) in [7, 11) is -2.08. The molecular formula is C30H30N8O3S. The number of hydrogen-bond acceptors (Lipinski definition) is 9. The average Bonchev–Trinajstić information content (AvgIpc) is 3.43. The van der Waals surface area contributed by atoms with Crippen molar-refractivity contribution in [1.82, 2.24) is 9.97 Å². The first kappa shape index (κ1) is 27.2. The Bertz CT molecular complexity index is 1820. The number of carbonyl (C=O) groups is 1. The smallest absolute Gasteiger partial charge is 0.265 e. The number of aromatic nitrogens is 2. The molecule has 6 rings (SSSR count).